The molecule has 0 atom stereocenters. The number of anilines is 1. The zero-order valence-corrected chi connectivity index (χ0v) is 11.5. The highest BCUT2D eigenvalue weighted by molar-refractivity contribution is 5.68. The Kier molecular flexibility index (Phi) is 3.93. The summed E-state index contributed by atoms with van der Waals surface area (Å²) in [5.41, 5.74) is 2.02. The van der Waals surface area contributed by atoms with Crippen molar-refractivity contribution < 1.29 is 9.90 Å². The van der Waals surface area contributed by atoms with Gasteiger partial charge >= 0.3 is 5.97 Å². The molecule has 2 rings (SSSR count). The van der Waals surface area contributed by atoms with Crippen LogP contribution in [0, 0.1) is 0 Å². The summed E-state index contributed by atoms with van der Waals surface area (Å²) < 4.78 is 1.78. The lowest BCUT2D eigenvalue weighted by atomic mass is 10.00. The van der Waals surface area contributed by atoms with E-state index in [4.69, 9.17) is 5.11 Å². The zero-order chi connectivity index (χ0) is 14.0. The van der Waals surface area contributed by atoms with Crippen LogP contribution in [-0.2, 0) is 24.2 Å². The number of aliphatic carboxylic acids is 1. The van der Waals surface area contributed by atoms with Crippen molar-refractivity contribution in [2.75, 3.05) is 18.5 Å². The Hall–Kier alpha value is -1.78. The number of carboxylic acids is 1. The Bertz CT molecular complexity index is 548. The molecular weight excluding hydrogens is 244 g/mol. The van der Waals surface area contributed by atoms with E-state index in [0.717, 1.165) is 42.9 Å². The predicted molar refractivity (Wildman–Crippen MR) is 73.9 cm³/mol. The largest absolute Gasteiger partial charge is 0.481 e. The molecule has 19 heavy (non-hydrogen) atoms. The molecule has 0 bridgehead atoms. The first-order valence-corrected chi connectivity index (χ1v) is 6.73. The molecule has 0 unspecified atom stereocenters. The van der Waals surface area contributed by atoms with E-state index in [2.05, 4.69) is 4.90 Å². The third-order valence-electron chi connectivity index (χ3n) is 3.68. The van der Waals surface area contributed by atoms with Crippen molar-refractivity contribution in [3.05, 3.63) is 27.5 Å². The molecular formula is C14H20N2O3. The lowest BCUT2D eigenvalue weighted by molar-refractivity contribution is -0.136. The normalized spacial score (nSPS) is 14.3. The molecule has 0 aromatic carbocycles. The van der Waals surface area contributed by atoms with Gasteiger partial charge in [0.25, 0.3) is 5.56 Å². The molecule has 1 aliphatic heterocycles. The number of rotatable bonds is 4. The minimum absolute atomic E-state index is 0.0254. The van der Waals surface area contributed by atoms with Crippen LogP contribution in [0.2, 0.25) is 0 Å². The van der Waals surface area contributed by atoms with Gasteiger partial charge in [0.2, 0.25) is 0 Å². The predicted octanol–water partition coefficient (Wildman–Crippen LogP) is 1.27. The fourth-order valence-electron chi connectivity index (χ4n) is 2.77. The molecule has 0 radical (unpaired) electrons. The second-order valence-electron chi connectivity index (χ2n) is 4.98. The van der Waals surface area contributed by atoms with E-state index in [0.29, 0.717) is 6.42 Å². The van der Waals surface area contributed by atoms with E-state index in [1.165, 1.54) is 0 Å². The minimum atomic E-state index is -0.800. The van der Waals surface area contributed by atoms with Crippen LogP contribution in [-0.4, -0.2) is 29.2 Å². The summed E-state index contributed by atoms with van der Waals surface area (Å²) in [7, 11) is 1.97. The number of nitrogens with zero attached hydrogens (tertiary/aromatic N) is 2. The Morgan fingerprint density at radius 3 is 2.79 bits per heavy atom. The van der Waals surface area contributed by atoms with Gasteiger partial charge in [0.1, 0.15) is 5.82 Å². The second-order valence-corrected chi connectivity index (χ2v) is 4.98. The Morgan fingerprint density at radius 2 is 2.16 bits per heavy atom. The topological polar surface area (TPSA) is 62.5 Å². The van der Waals surface area contributed by atoms with Crippen molar-refractivity contribution >= 4 is 11.8 Å². The summed E-state index contributed by atoms with van der Waals surface area (Å²) >= 11 is 0. The van der Waals surface area contributed by atoms with Crippen LogP contribution in [0.1, 0.15) is 30.9 Å². The molecule has 1 aromatic heterocycles. The lowest BCUT2D eigenvalue weighted by Gasteiger charge is -2.32. The first-order valence-electron chi connectivity index (χ1n) is 6.73. The van der Waals surface area contributed by atoms with Crippen LogP contribution >= 0.6 is 0 Å². The number of aryl methyl sites for hydroxylation is 1. The molecule has 1 aromatic rings. The molecule has 0 saturated heterocycles. The van der Waals surface area contributed by atoms with Gasteiger partial charge in [-0.15, -0.1) is 0 Å². The molecule has 5 nitrogen and oxygen atoms in total. The van der Waals surface area contributed by atoms with Crippen LogP contribution in [0.4, 0.5) is 5.82 Å². The molecule has 1 N–H and O–H groups in total. The SMILES string of the molecule is CCc1cc(=O)n2c(c1CCC(=O)O)N(C)CCC2. The smallest absolute Gasteiger partial charge is 0.303 e. The molecule has 104 valence electrons. The molecule has 0 saturated carbocycles. The van der Waals surface area contributed by atoms with Gasteiger partial charge in [-0.2, -0.15) is 0 Å². The standard InChI is InChI=1S/C14H20N2O3/c1-3-10-9-12(17)16-8-4-7-15(2)14(16)11(10)5-6-13(18)19/h9H,3-8H2,1-2H3,(H,18,19). The van der Waals surface area contributed by atoms with Crippen molar-refractivity contribution in [1.29, 1.82) is 0 Å². The first-order chi connectivity index (χ1) is 9.04. The van der Waals surface area contributed by atoms with Gasteiger partial charge in [0.15, 0.2) is 0 Å². The van der Waals surface area contributed by atoms with E-state index < -0.39 is 5.97 Å². The van der Waals surface area contributed by atoms with Crippen LogP contribution in [0.15, 0.2) is 10.9 Å². The molecule has 1 aliphatic rings. The van der Waals surface area contributed by atoms with Gasteiger partial charge in [0, 0.05) is 32.6 Å². The van der Waals surface area contributed by atoms with E-state index in [9.17, 15) is 9.59 Å². The highest BCUT2D eigenvalue weighted by Gasteiger charge is 2.21. The van der Waals surface area contributed by atoms with Crippen LogP contribution in [0.25, 0.3) is 0 Å². The first kappa shape index (κ1) is 13.6. The molecule has 5 heteroatoms. The zero-order valence-electron chi connectivity index (χ0n) is 11.5. The molecule has 0 spiro atoms. The van der Waals surface area contributed by atoms with Crippen LogP contribution in [0.5, 0.6) is 0 Å². The number of carboxylic acid groups (broad SMARTS) is 1. The van der Waals surface area contributed by atoms with E-state index in [1.54, 1.807) is 10.6 Å². The minimum Gasteiger partial charge on any atom is -0.481 e. The fourth-order valence-corrected chi connectivity index (χ4v) is 2.77. The molecule has 0 aliphatic carbocycles. The summed E-state index contributed by atoms with van der Waals surface area (Å²) in [6, 6.07) is 1.67. The monoisotopic (exact) mass is 264 g/mol. The maximum absolute atomic E-state index is 12.1. The van der Waals surface area contributed by atoms with Crippen molar-refractivity contribution in [1.82, 2.24) is 4.57 Å². The summed E-state index contributed by atoms with van der Waals surface area (Å²) in [6.45, 7) is 3.63. The average Bonchev–Trinajstić information content (AvgIpc) is 2.37. The summed E-state index contributed by atoms with van der Waals surface area (Å²) in [5, 5.41) is 8.88. The summed E-state index contributed by atoms with van der Waals surface area (Å²) in [6.07, 6.45) is 2.30. The number of carbonyl (C=O) groups is 1. The Morgan fingerprint density at radius 1 is 1.42 bits per heavy atom. The van der Waals surface area contributed by atoms with Gasteiger partial charge in [-0.3, -0.25) is 14.2 Å². The molecule has 2 heterocycles. The number of aromatic nitrogens is 1. The van der Waals surface area contributed by atoms with E-state index >= 15 is 0 Å². The Labute approximate surface area is 112 Å². The summed E-state index contributed by atoms with van der Waals surface area (Å²) in [5.74, 6) is 0.113. The second kappa shape index (κ2) is 5.47. The number of fused-ring (bicyclic) bond motifs is 1. The van der Waals surface area contributed by atoms with Crippen molar-refractivity contribution in [2.45, 2.75) is 39.2 Å². The number of hydrogen-bond acceptors (Lipinski definition) is 3. The third kappa shape index (κ3) is 2.64. The highest BCUT2D eigenvalue weighted by atomic mass is 16.4. The Balaban J connectivity index is 2.54. The highest BCUT2D eigenvalue weighted by Crippen LogP contribution is 2.26. The van der Waals surface area contributed by atoms with Crippen molar-refractivity contribution in [3.63, 3.8) is 0 Å². The van der Waals surface area contributed by atoms with Gasteiger partial charge in [-0.1, -0.05) is 6.92 Å². The van der Waals surface area contributed by atoms with Gasteiger partial charge in [-0.05, 0) is 30.4 Å². The van der Waals surface area contributed by atoms with E-state index in [-0.39, 0.29) is 12.0 Å². The van der Waals surface area contributed by atoms with Gasteiger partial charge < -0.3 is 10.0 Å². The fraction of sp³-hybridized carbons (Fsp3) is 0.571. The lowest BCUT2D eigenvalue weighted by Crippen LogP contribution is -2.36. The van der Waals surface area contributed by atoms with Crippen LogP contribution < -0.4 is 10.5 Å². The maximum Gasteiger partial charge on any atom is 0.303 e. The summed E-state index contributed by atoms with van der Waals surface area (Å²) in [4.78, 5) is 25.0. The number of pyridine rings is 1. The molecule has 0 amide bonds. The average molecular weight is 264 g/mol. The van der Waals surface area contributed by atoms with Gasteiger partial charge in [0.05, 0.1) is 0 Å². The van der Waals surface area contributed by atoms with Gasteiger partial charge in [-0.25, -0.2) is 0 Å². The maximum atomic E-state index is 12.1. The van der Waals surface area contributed by atoms with E-state index in [1.807, 2.05) is 14.0 Å². The number of hydrogen-bond donors (Lipinski definition) is 1. The van der Waals surface area contributed by atoms with Crippen LogP contribution in [0.3, 0.4) is 0 Å². The third-order valence-corrected chi connectivity index (χ3v) is 3.68. The van der Waals surface area contributed by atoms with Crippen molar-refractivity contribution in [3.8, 4) is 0 Å². The molecule has 0 fully saturated rings. The quantitative estimate of drug-likeness (QED) is 0.889. The van der Waals surface area contributed by atoms with Crippen molar-refractivity contribution in [2.24, 2.45) is 0 Å².